The van der Waals surface area contributed by atoms with E-state index in [-0.39, 0.29) is 30.3 Å². The molecule has 2 aromatic heterocycles. The second kappa shape index (κ2) is 10.7. The molecule has 174 valence electrons. The molecule has 0 spiro atoms. The zero-order valence-electron chi connectivity index (χ0n) is 18.7. The molecule has 1 aromatic carbocycles. The number of thiophene rings is 2. The maximum Gasteiger partial charge on any atom is 0.264 e. The van der Waals surface area contributed by atoms with Crippen molar-refractivity contribution in [2.75, 3.05) is 26.2 Å². The van der Waals surface area contributed by atoms with Crippen LogP contribution in [0.15, 0.2) is 53.2 Å². The third-order valence-corrected chi connectivity index (χ3v) is 7.67. The van der Waals surface area contributed by atoms with E-state index in [0.717, 1.165) is 12.0 Å². The molecule has 1 aliphatic rings. The van der Waals surface area contributed by atoms with Crippen molar-refractivity contribution in [3.63, 3.8) is 0 Å². The van der Waals surface area contributed by atoms with Crippen molar-refractivity contribution in [3.05, 3.63) is 73.6 Å². The lowest BCUT2D eigenvalue weighted by Crippen LogP contribution is -2.48. The minimum absolute atomic E-state index is 0.0536. The number of ether oxygens (including phenoxy) is 1. The van der Waals surface area contributed by atoms with Gasteiger partial charge in [-0.25, -0.2) is 0 Å². The highest BCUT2D eigenvalue weighted by Crippen LogP contribution is 2.34. The van der Waals surface area contributed by atoms with Gasteiger partial charge < -0.3 is 14.5 Å². The monoisotopic (exact) mass is 502 g/mol. The summed E-state index contributed by atoms with van der Waals surface area (Å²) in [4.78, 5) is 32.1. The molecule has 1 unspecified atom stereocenters. The summed E-state index contributed by atoms with van der Waals surface area (Å²) >= 11 is 9.11. The summed E-state index contributed by atoms with van der Waals surface area (Å²) in [7, 11) is 0. The van der Waals surface area contributed by atoms with Crippen LogP contribution in [0.1, 0.15) is 40.0 Å². The molecule has 0 aliphatic carbocycles. The van der Waals surface area contributed by atoms with Gasteiger partial charge in [0.05, 0.1) is 10.9 Å². The minimum atomic E-state index is -0.194. The predicted octanol–water partition coefficient (Wildman–Crippen LogP) is 5.77. The average molecular weight is 503 g/mol. The van der Waals surface area contributed by atoms with Crippen LogP contribution >= 0.6 is 34.3 Å². The zero-order valence-corrected chi connectivity index (χ0v) is 21.1. The molecular weight excluding hydrogens is 476 g/mol. The topological polar surface area (TPSA) is 49.9 Å². The summed E-state index contributed by atoms with van der Waals surface area (Å²) in [6.07, 6.45) is 0.819. The minimum Gasteiger partial charge on any atom is -0.491 e. The fourth-order valence-corrected chi connectivity index (χ4v) is 5.80. The zero-order chi connectivity index (χ0) is 23.4. The van der Waals surface area contributed by atoms with E-state index in [0.29, 0.717) is 35.3 Å². The van der Waals surface area contributed by atoms with Crippen molar-refractivity contribution >= 4 is 46.1 Å². The van der Waals surface area contributed by atoms with Crippen LogP contribution in [0, 0.1) is 5.92 Å². The normalized spacial score (nSPS) is 15.4. The first-order valence-corrected chi connectivity index (χ1v) is 13.1. The molecule has 2 amide bonds. The molecule has 5 nitrogen and oxygen atoms in total. The second-order valence-electron chi connectivity index (χ2n) is 8.47. The summed E-state index contributed by atoms with van der Waals surface area (Å²) in [5.74, 6) is 0.829. The molecule has 0 fully saturated rings. The van der Waals surface area contributed by atoms with Gasteiger partial charge in [-0.05, 0) is 65.1 Å². The van der Waals surface area contributed by atoms with E-state index in [2.05, 4.69) is 25.3 Å². The highest BCUT2D eigenvalue weighted by molar-refractivity contribution is 7.12. The number of carbonyl (C=O) groups is 2. The smallest absolute Gasteiger partial charge is 0.264 e. The van der Waals surface area contributed by atoms with E-state index in [9.17, 15) is 9.59 Å². The van der Waals surface area contributed by atoms with Gasteiger partial charge in [-0.15, -0.1) is 22.7 Å². The number of halogens is 1. The van der Waals surface area contributed by atoms with E-state index >= 15 is 0 Å². The molecular formula is C25H27ClN2O3S2. The second-order valence-corrected chi connectivity index (χ2v) is 10.9. The first-order chi connectivity index (χ1) is 15.9. The number of hydrogen-bond donors (Lipinski definition) is 0. The molecule has 1 aliphatic heterocycles. The van der Waals surface area contributed by atoms with Crippen molar-refractivity contribution in [1.29, 1.82) is 0 Å². The maximum atomic E-state index is 13.5. The van der Waals surface area contributed by atoms with Crippen LogP contribution in [-0.2, 0) is 11.2 Å². The first-order valence-electron chi connectivity index (χ1n) is 11.0. The Morgan fingerprint density at radius 3 is 2.64 bits per heavy atom. The fourth-order valence-electron chi connectivity index (χ4n) is 4.05. The Morgan fingerprint density at radius 1 is 1.15 bits per heavy atom. The summed E-state index contributed by atoms with van der Waals surface area (Å²) in [5, 5.41) is 4.60. The van der Waals surface area contributed by atoms with Gasteiger partial charge in [0.1, 0.15) is 18.9 Å². The number of fused-ring (bicyclic) bond motifs is 1. The summed E-state index contributed by atoms with van der Waals surface area (Å²) < 4.78 is 6.06. The fraction of sp³-hybridized carbons (Fsp3) is 0.360. The van der Waals surface area contributed by atoms with Gasteiger partial charge in [-0.1, -0.05) is 31.5 Å². The molecule has 3 aromatic rings. The Hall–Kier alpha value is -2.35. The predicted molar refractivity (Wildman–Crippen MR) is 134 cm³/mol. The van der Waals surface area contributed by atoms with Gasteiger partial charge in [0.25, 0.3) is 5.91 Å². The number of hydrogen-bond acceptors (Lipinski definition) is 5. The highest BCUT2D eigenvalue weighted by atomic mass is 35.5. The molecule has 0 bridgehead atoms. The van der Waals surface area contributed by atoms with Crippen molar-refractivity contribution in [3.8, 4) is 5.75 Å². The van der Waals surface area contributed by atoms with E-state index in [1.807, 2.05) is 34.5 Å². The Kier molecular flexibility index (Phi) is 7.73. The average Bonchev–Trinajstić information content (AvgIpc) is 3.49. The summed E-state index contributed by atoms with van der Waals surface area (Å²) in [6, 6.07) is 12.8. The summed E-state index contributed by atoms with van der Waals surface area (Å²) in [5.41, 5.74) is 1.13. The lowest BCUT2D eigenvalue weighted by atomic mass is 10.0. The van der Waals surface area contributed by atoms with Crippen LogP contribution in [0.25, 0.3) is 0 Å². The number of amides is 2. The molecule has 1 atom stereocenters. The van der Waals surface area contributed by atoms with Gasteiger partial charge >= 0.3 is 0 Å². The van der Waals surface area contributed by atoms with Crippen molar-refractivity contribution in [1.82, 2.24) is 9.80 Å². The van der Waals surface area contributed by atoms with Crippen molar-refractivity contribution in [2.24, 2.45) is 5.92 Å². The molecule has 0 saturated heterocycles. The van der Waals surface area contributed by atoms with Crippen LogP contribution in [0.4, 0.5) is 0 Å². The first kappa shape index (κ1) is 23.8. The number of nitrogens with zero attached hydrogens (tertiary/aromatic N) is 2. The third kappa shape index (κ3) is 5.78. The molecule has 3 heterocycles. The molecule has 33 heavy (non-hydrogen) atoms. The van der Waals surface area contributed by atoms with Gasteiger partial charge in [0.15, 0.2) is 0 Å². The van der Waals surface area contributed by atoms with E-state index in [4.69, 9.17) is 16.3 Å². The molecule has 8 heteroatoms. The van der Waals surface area contributed by atoms with E-state index in [1.165, 1.54) is 16.2 Å². The maximum absolute atomic E-state index is 13.5. The lowest BCUT2D eigenvalue weighted by Gasteiger charge is -2.37. The number of benzene rings is 1. The molecule has 0 radical (unpaired) electrons. The van der Waals surface area contributed by atoms with Gasteiger partial charge in [-0.3, -0.25) is 9.59 Å². The molecule has 0 N–H and O–H groups in total. The van der Waals surface area contributed by atoms with Gasteiger partial charge in [0.2, 0.25) is 5.91 Å². The standard InChI is InChI=1S/C25H27ClN2O3S2/c1-17(2)14-27(25(30)23-4-3-12-32-23)15-24(29)28-11-9-22-20(10-13-33-22)21(28)16-31-19-7-5-18(26)6-8-19/h3-8,10,12-13,17,21H,9,11,14-16H2,1-2H3. The number of rotatable bonds is 8. The Balaban J connectivity index is 1.52. The van der Waals surface area contributed by atoms with Crippen LogP contribution in [0.2, 0.25) is 5.02 Å². The number of carbonyl (C=O) groups excluding carboxylic acids is 2. The van der Waals surface area contributed by atoms with Gasteiger partial charge in [0, 0.05) is 23.0 Å². The Labute approximate surface area is 207 Å². The van der Waals surface area contributed by atoms with Gasteiger partial charge in [-0.2, -0.15) is 0 Å². The Bertz CT molecular complexity index is 1080. The highest BCUT2D eigenvalue weighted by Gasteiger charge is 2.33. The summed E-state index contributed by atoms with van der Waals surface area (Å²) in [6.45, 7) is 5.67. The quantitative estimate of drug-likeness (QED) is 0.393. The SMILES string of the molecule is CC(C)CN(CC(=O)N1CCc2sccc2C1COc1ccc(Cl)cc1)C(=O)c1cccs1. The van der Waals surface area contributed by atoms with Crippen LogP contribution in [-0.4, -0.2) is 47.9 Å². The third-order valence-electron chi connectivity index (χ3n) is 5.57. The molecule has 0 saturated carbocycles. The largest absolute Gasteiger partial charge is 0.491 e. The Morgan fingerprint density at radius 2 is 1.94 bits per heavy atom. The molecule has 4 rings (SSSR count). The van der Waals surface area contributed by atoms with Crippen LogP contribution in [0.5, 0.6) is 5.75 Å². The van der Waals surface area contributed by atoms with Crippen molar-refractivity contribution in [2.45, 2.75) is 26.3 Å². The van der Waals surface area contributed by atoms with E-state index in [1.54, 1.807) is 28.4 Å². The van der Waals surface area contributed by atoms with Crippen LogP contribution in [0.3, 0.4) is 0 Å². The van der Waals surface area contributed by atoms with Crippen LogP contribution < -0.4 is 4.74 Å². The lowest BCUT2D eigenvalue weighted by molar-refractivity contribution is -0.135. The van der Waals surface area contributed by atoms with Crippen molar-refractivity contribution < 1.29 is 14.3 Å². The van der Waals surface area contributed by atoms with E-state index < -0.39 is 0 Å².